The SMILES string of the molecule is Cc1cc(-n2c(C)cc(/C=N/NC(=O)CC#N)c2C)ccc1I. The zero-order chi connectivity index (χ0) is 17.0. The Hall–Kier alpha value is -2.14. The summed E-state index contributed by atoms with van der Waals surface area (Å²) in [6, 6.07) is 10.1. The minimum Gasteiger partial charge on any atom is -0.318 e. The fraction of sp³-hybridized carbons (Fsp3) is 0.235. The van der Waals surface area contributed by atoms with E-state index in [-0.39, 0.29) is 6.42 Å². The lowest BCUT2D eigenvalue weighted by atomic mass is 10.2. The van der Waals surface area contributed by atoms with E-state index < -0.39 is 5.91 Å². The Morgan fingerprint density at radius 3 is 2.78 bits per heavy atom. The Morgan fingerprint density at radius 2 is 2.13 bits per heavy atom. The molecule has 0 aliphatic heterocycles. The average molecular weight is 420 g/mol. The highest BCUT2D eigenvalue weighted by Crippen LogP contribution is 2.22. The number of carbonyl (C=O) groups excluding carboxylic acids is 1. The maximum absolute atomic E-state index is 11.2. The van der Waals surface area contributed by atoms with Gasteiger partial charge in [-0.3, -0.25) is 4.79 Å². The molecule has 0 fully saturated rings. The second-order valence-electron chi connectivity index (χ2n) is 5.22. The van der Waals surface area contributed by atoms with E-state index in [1.165, 1.54) is 9.13 Å². The van der Waals surface area contributed by atoms with E-state index >= 15 is 0 Å². The van der Waals surface area contributed by atoms with Gasteiger partial charge in [0.15, 0.2) is 0 Å². The second kappa shape index (κ2) is 7.42. The Labute approximate surface area is 149 Å². The zero-order valence-electron chi connectivity index (χ0n) is 13.2. The van der Waals surface area contributed by atoms with Gasteiger partial charge in [-0.2, -0.15) is 10.4 Å². The Morgan fingerprint density at radius 1 is 1.39 bits per heavy atom. The summed E-state index contributed by atoms with van der Waals surface area (Å²) in [4.78, 5) is 11.2. The van der Waals surface area contributed by atoms with Crippen LogP contribution in [0.25, 0.3) is 5.69 Å². The van der Waals surface area contributed by atoms with Crippen molar-refractivity contribution in [3.8, 4) is 11.8 Å². The number of nitriles is 1. The number of rotatable bonds is 4. The smallest absolute Gasteiger partial charge is 0.254 e. The second-order valence-corrected chi connectivity index (χ2v) is 6.39. The predicted octanol–water partition coefficient (Wildman–Crippen LogP) is 3.37. The van der Waals surface area contributed by atoms with Crippen LogP contribution in [0.15, 0.2) is 29.4 Å². The van der Waals surface area contributed by atoms with Crippen LogP contribution in [0.2, 0.25) is 0 Å². The van der Waals surface area contributed by atoms with Crippen LogP contribution in [0.3, 0.4) is 0 Å². The standard InChI is InChI=1S/C17H17IN4O/c1-11-8-15(4-5-16(11)18)22-12(2)9-14(13(22)3)10-20-21-17(23)6-7-19/h4-5,8-10H,6H2,1-3H3,(H,21,23)/b20-10+. The van der Waals surface area contributed by atoms with Crippen molar-refractivity contribution in [1.29, 1.82) is 5.26 Å². The molecule has 6 heteroatoms. The van der Waals surface area contributed by atoms with Crippen LogP contribution in [0.1, 0.15) is 28.9 Å². The van der Waals surface area contributed by atoms with Crippen molar-refractivity contribution in [3.63, 3.8) is 0 Å². The van der Waals surface area contributed by atoms with E-state index in [2.05, 4.69) is 62.8 Å². The number of aryl methyl sites for hydroxylation is 2. The molecule has 0 aliphatic carbocycles. The molecule has 1 N–H and O–H groups in total. The van der Waals surface area contributed by atoms with Crippen molar-refractivity contribution in [2.45, 2.75) is 27.2 Å². The van der Waals surface area contributed by atoms with Crippen LogP contribution >= 0.6 is 22.6 Å². The van der Waals surface area contributed by atoms with E-state index in [4.69, 9.17) is 5.26 Å². The lowest BCUT2D eigenvalue weighted by Gasteiger charge is -2.11. The summed E-state index contributed by atoms with van der Waals surface area (Å²) in [6.45, 7) is 6.14. The van der Waals surface area contributed by atoms with Crippen molar-refractivity contribution in [2.75, 3.05) is 0 Å². The van der Waals surface area contributed by atoms with Gasteiger partial charge >= 0.3 is 0 Å². The van der Waals surface area contributed by atoms with Gasteiger partial charge in [0.05, 0.1) is 12.3 Å². The van der Waals surface area contributed by atoms with Crippen molar-refractivity contribution in [1.82, 2.24) is 9.99 Å². The molecule has 0 saturated heterocycles. The lowest BCUT2D eigenvalue weighted by Crippen LogP contribution is -2.16. The average Bonchev–Trinajstić information content (AvgIpc) is 2.77. The third kappa shape index (κ3) is 3.99. The summed E-state index contributed by atoms with van der Waals surface area (Å²) in [6.07, 6.45) is 1.41. The molecule has 1 aromatic carbocycles. The number of nitrogens with zero attached hydrogens (tertiary/aromatic N) is 3. The molecule has 0 unspecified atom stereocenters. The molecule has 0 bridgehead atoms. The molecule has 1 amide bonds. The predicted molar refractivity (Wildman–Crippen MR) is 98.7 cm³/mol. The largest absolute Gasteiger partial charge is 0.318 e. The number of hydrogen-bond acceptors (Lipinski definition) is 3. The monoisotopic (exact) mass is 420 g/mol. The molecule has 0 radical (unpaired) electrons. The Kier molecular flexibility index (Phi) is 5.55. The van der Waals surface area contributed by atoms with Crippen LogP contribution in [-0.4, -0.2) is 16.7 Å². The molecule has 2 rings (SSSR count). The van der Waals surface area contributed by atoms with Gasteiger partial charge in [0, 0.05) is 26.2 Å². The molecule has 118 valence electrons. The maximum atomic E-state index is 11.2. The van der Waals surface area contributed by atoms with Gasteiger partial charge < -0.3 is 4.57 Å². The van der Waals surface area contributed by atoms with Gasteiger partial charge in [0.1, 0.15) is 6.42 Å². The third-order valence-corrected chi connectivity index (χ3v) is 4.71. The summed E-state index contributed by atoms with van der Waals surface area (Å²) in [5.74, 6) is -0.411. The highest BCUT2D eigenvalue weighted by atomic mass is 127. The fourth-order valence-electron chi connectivity index (χ4n) is 2.37. The van der Waals surface area contributed by atoms with Crippen molar-refractivity contribution in [2.24, 2.45) is 5.10 Å². The number of hydrogen-bond donors (Lipinski definition) is 1. The molecule has 0 atom stereocenters. The van der Waals surface area contributed by atoms with E-state index in [0.717, 1.165) is 22.6 Å². The first-order valence-corrected chi connectivity index (χ1v) is 8.16. The van der Waals surface area contributed by atoms with E-state index in [1.807, 2.05) is 19.9 Å². The lowest BCUT2D eigenvalue weighted by molar-refractivity contribution is -0.120. The number of hydrazone groups is 1. The number of nitrogens with one attached hydrogen (secondary N) is 1. The third-order valence-electron chi connectivity index (χ3n) is 3.50. The number of benzene rings is 1. The quantitative estimate of drug-likeness (QED) is 0.468. The van der Waals surface area contributed by atoms with Gasteiger partial charge in [0.2, 0.25) is 0 Å². The minimum atomic E-state index is -0.411. The zero-order valence-corrected chi connectivity index (χ0v) is 15.4. The normalized spacial score (nSPS) is 10.7. The van der Waals surface area contributed by atoms with Crippen molar-refractivity contribution < 1.29 is 4.79 Å². The number of halogens is 1. The highest BCUT2D eigenvalue weighted by molar-refractivity contribution is 14.1. The van der Waals surface area contributed by atoms with E-state index in [0.29, 0.717) is 0 Å². The first-order valence-electron chi connectivity index (χ1n) is 7.08. The molecular weight excluding hydrogens is 403 g/mol. The molecular formula is C17H17IN4O. The number of amides is 1. The Bertz CT molecular complexity index is 815. The molecule has 0 spiro atoms. The topological polar surface area (TPSA) is 70.2 Å². The molecule has 5 nitrogen and oxygen atoms in total. The number of carbonyl (C=O) groups is 1. The van der Waals surface area contributed by atoms with E-state index in [9.17, 15) is 4.79 Å². The molecule has 0 saturated carbocycles. The van der Waals surface area contributed by atoms with Gasteiger partial charge in [-0.05, 0) is 73.2 Å². The van der Waals surface area contributed by atoms with Gasteiger partial charge in [0.25, 0.3) is 5.91 Å². The summed E-state index contributed by atoms with van der Waals surface area (Å²) in [5, 5.41) is 12.3. The summed E-state index contributed by atoms with van der Waals surface area (Å²) >= 11 is 2.32. The fourth-order valence-corrected chi connectivity index (χ4v) is 2.70. The van der Waals surface area contributed by atoms with Crippen LogP contribution in [0.5, 0.6) is 0 Å². The maximum Gasteiger partial charge on any atom is 0.254 e. The van der Waals surface area contributed by atoms with E-state index in [1.54, 1.807) is 12.3 Å². The van der Waals surface area contributed by atoms with Gasteiger partial charge in [-0.25, -0.2) is 5.43 Å². The minimum absolute atomic E-state index is 0.196. The van der Waals surface area contributed by atoms with Gasteiger partial charge in [-0.15, -0.1) is 0 Å². The first kappa shape index (κ1) is 17.2. The first-order chi connectivity index (χ1) is 10.9. The summed E-state index contributed by atoms with van der Waals surface area (Å²) in [5.41, 5.74) is 7.74. The van der Waals surface area contributed by atoms with Crippen LogP contribution in [0, 0.1) is 35.7 Å². The molecule has 1 heterocycles. The summed E-state index contributed by atoms with van der Waals surface area (Å²) in [7, 11) is 0. The summed E-state index contributed by atoms with van der Waals surface area (Å²) < 4.78 is 3.39. The molecule has 0 aliphatic rings. The van der Waals surface area contributed by atoms with Crippen LogP contribution < -0.4 is 5.43 Å². The molecule has 23 heavy (non-hydrogen) atoms. The van der Waals surface area contributed by atoms with Gasteiger partial charge in [-0.1, -0.05) is 0 Å². The van der Waals surface area contributed by atoms with Crippen LogP contribution in [0.4, 0.5) is 0 Å². The highest BCUT2D eigenvalue weighted by Gasteiger charge is 2.10. The number of aromatic nitrogens is 1. The van der Waals surface area contributed by atoms with Crippen molar-refractivity contribution in [3.05, 3.63) is 50.4 Å². The molecule has 2 aromatic rings. The Balaban J connectivity index is 2.29. The van der Waals surface area contributed by atoms with Crippen LogP contribution in [-0.2, 0) is 4.79 Å². The van der Waals surface area contributed by atoms with Crippen molar-refractivity contribution >= 4 is 34.7 Å². The molecule has 1 aromatic heterocycles.